The van der Waals surface area contributed by atoms with Crippen molar-refractivity contribution in [3.8, 4) is 28.7 Å². The summed E-state index contributed by atoms with van der Waals surface area (Å²) in [6.07, 6.45) is 1.63. The van der Waals surface area contributed by atoms with E-state index in [0.29, 0.717) is 39.8 Å². The number of hydrogen-bond donors (Lipinski definition) is 1. The molecule has 0 spiro atoms. The van der Waals surface area contributed by atoms with Crippen LogP contribution in [0.15, 0.2) is 42.6 Å². The van der Waals surface area contributed by atoms with Crippen molar-refractivity contribution in [2.75, 3.05) is 28.4 Å². The van der Waals surface area contributed by atoms with Gasteiger partial charge in [0.1, 0.15) is 17.2 Å². The summed E-state index contributed by atoms with van der Waals surface area (Å²) in [7, 11) is 6.23. The smallest absolute Gasteiger partial charge is 0.254 e. The number of ether oxygens (including phenoxy) is 4. The topological polar surface area (TPSA) is 78.9 Å². The fourth-order valence-electron chi connectivity index (χ4n) is 2.69. The summed E-state index contributed by atoms with van der Waals surface area (Å²) in [5.74, 6) is 2.36. The van der Waals surface area contributed by atoms with Crippen LogP contribution in [0.1, 0.15) is 10.4 Å². The minimum absolute atomic E-state index is 0.276. The average molecular weight is 368 g/mol. The van der Waals surface area contributed by atoms with Crippen molar-refractivity contribution < 1.29 is 23.7 Å². The number of carbonyl (C=O) groups is 1. The second-order valence-corrected chi connectivity index (χ2v) is 5.58. The molecule has 2 aromatic carbocycles. The van der Waals surface area contributed by atoms with Crippen molar-refractivity contribution in [1.29, 1.82) is 0 Å². The molecule has 1 N–H and O–H groups in total. The van der Waals surface area contributed by atoms with Gasteiger partial charge in [0.2, 0.25) is 0 Å². The zero-order chi connectivity index (χ0) is 19.4. The van der Waals surface area contributed by atoms with Crippen LogP contribution in [-0.4, -0.2) is 39.3 Å². The van der Waals surface area contributed by atoms with Crippen molar-refractivity contribution >= 4 is 16.8 Å². The van der Waals surface area contributed by atoms with Crippen LogP contribution in [0.5, 0.6) is 28.7 Å². The zero-order valence-corrected chi connectivity index (χ0v) is 15.5. The van der Waals surface area contributed by atoms with E-state index in [1.807, 2.05) is 0 Å². The number of carbonyl (C=O) groups excluding carboxylic acids is 1. The SMILES string of the molecule is CNC(=O)c1cc(OC)ccc1Oc1ccnc2cc(OC)c(OC)cc12. The number of nitrogens with one attached hydrogen (secondary N) is 1. The molecule has 0 fully saturated rings. The maximum Gasteiger partial charge on any atom is 0.254 e. The summed E-state index contributed by atoms with van der Waals surface area (Å²) in [5, 5.41) is 3.34. The molecule has 7 nitrogen and oxygen atoms in total. The minimum Gasteiger partial charge on any atom is -0.497 e. The lowest BCUT2D eigenvalue weighted by Gasteiger charge is -2.14. The van der Waals surface area contributed by atoms with E-state index >= 15 is 0 Å². The Morgan fingerprint density at radius 2 is 1.63 bits per heavy atom. The highest BCUT2D eigenvalue weighted by Gasteiger charge is 2.16. The molecule has 27 heavy (non-hydrogen) atoms. The van der Waals surface area contributed by atoms with Crippen LogP contribution >= 0.6 is 0 Å². The van der Waals surface area contributed by atoms with Gasteiger partial charge in [-0.25, -0.2) is 0 Å². The Balaban J connectivity index is 2.10. The maximum atomic E-state index is 12.2. The zero-order valence-electron chi connectivity index (χ0n) is 15.5. The molecule has 140 valence electrons. The predicted molar refractivity (Wildman–Crippen MR) is 101 cm³/mol. The van der Waals surface area contributed by atoms with E-state index in [0.717, 1.165) is 5.39 Å². The summed E-state index contributed by atoms with van der Waals surface area (Å²) in [6, 6.07) is 10.3. The second kappa shape index (κ2) is 7.82. The molecule has 0 aliphatic heterocycles. The molecule has 0 radical (unpaired) electrons. The Kier molecular flexibility index (Phi) is 5.30. The van der Waals surface area contributed by atoms with Crippen LogP contribution < -0.4 is 24.3 Å². The number of benzene rings is 2. The van der Waals surface area contributed by atoms with E-state index in [4.69, 9.17) is 18.9 Å². The van der Waals surface area contributed by atoms with E-state index in [1.165, 1.54) is 0 Å². The first kappa shape index (κ1) is 18.3. The lowest BCUT2D eigenvalue weighted by atomic mass is 10.1. The van der Waals surface area contributed by atoms with Crippen molar-refractivity contribution in [1.82, 2.24) is 10.3 Å². The number of nitrogens with zero attached hydrogens (tertiary/aromatic N) is 1. The minimum atomic E-state index is -0.276. The van der Waals surface area contributed by atoms with Crippen molar-refractivity contribution in [2.45, 2.75) is 0 Å². The first-order valence-corrected chi connectivity index (χ1v) is 8.20. The predicted octanol–water partition coefficient (Wildman–Crippen LogP) is 3.41. The van der Waals surface area contributed by atoms with Crippen LogP contribution in [0.2, 0.25) is 0 Å². The van der Waals surface area contributed by atoms with E-state index in [2.05, 4.69) is 10.3 Å². The molecule has 7 heteroatoms. The molecule has 0 aliphatic rings. The number of hydrogen-bond acceptors (Lipinski definition) is 6. The third-order valence-electron chi connectivity index (χ3n) is 4.09. The number of pyridine rings is 1. The fourth-order valence-corrected chi connectivity index (χ4v) is 2.69. The molecule has 0 bridgehead atoms. The molecule has 0 saturated carbocycles. The van der Waals surface area contributed by atoms with Crippen LogP contribution in [-0.2, 0) is 0 Å². The normalized spacial score (nSPS) is 10.4. The Hall–Kier alpha value is -3.48. The highest BCUT2D eigenvalue weighted by Crippen LogP contribution is 2.38. The second-order valence-electron chi connectivity index (χ2n) is 5.58. The number of amides is 1. The fraction of sp³-hybridized carbons (Fsp3) is 0.200. The van der Waals surface area contributed by atoms with Gasteiger partial charge in [-0.15, -0.1) is 0 Å². The highest BCUT2D eigenvalue weighted by molar-refractivity contribution is 5.97. The van der Waals surface area contributed by atoms with Gasteiger partial charge < -0.3 is 24.3 Å². The number of rotatable bonds is 6. The van der Waals surface area contributed by atoms with Gasteiger partial charge in [-0.1, -0.05) is 0 Å². The van der Waals surface area contributed by atoms with Gasteiger partial charge in [-0.2, -0.15) is 0 Å². The van der Waals surface area contributed by atoms with Gasteiger partial charge >= 0.3 is 0 Å². The first-order chi connectivity index (χ1) is 13.1. The Labute approximate surface area is 156 Å². The monoisotopic (exact) mass is 368 g/mol. The average Bonchev–Trinajstić information content (AvgIpc) is 2.72. The quantitative estimate of drug-likeness (QED) is 0.718. The molecular formula is C20H20N2O5. The summed E-state index contributed by atoms with van der Waals surface area (Å²) < 4.78 is 22.0. The van der Waals surface area contributed by atoms with Gasteiger partial charge in [0.25, 0.3) is 5.91 Å². The van der Waals surface area contributed by atoms with E-state index < -0.39 is 0 Å². The molecule has 3 rings (SSSR count). The molecule has 0 saturated heterocycles. The van der Waals surface area contributed by atoms with Crippen LogP contribution in [0.25, 0.3) is 10.9 Å². The molecule has 0 unspecified atom stereocenters. The first-order valence-electron chi connectivity index (χ1n) is 8.20. The number of methoxy groups -OCH3 is 3. The van der Waals surface area contributed by atoms with E-state index in [-0.39, 0.29) is 5.91 Å². The van der Waals surface area contributed by atoms with Crippen molar-refractivity contribution in [3.05, 3.63) is 48.2 Å². The molecule has 1 heterocycles. The molecule has 0 aliphatic carbocycles. The lowest BCUT2D eigenvalue weighted by Crippen LogP contribution is -2.18. The van der Waals surface area contributed by atoms with Gasteiger partial charge in [0.15, 0.2) is 11.5 Å². The van der Waals surface area contributed by atoms with E-state index in [1.54, 1.807) is 71.0 Å². The molecule has 1 aromatic heterocycles. The molecule has 3 aromatic rings. The largest absolute Gasteiger partial charge is 0.497 e. The molecular weight excluding hydrogens is 348 g/mol. The van der Waals surface area contributed by atoms with Gasteiger partial charge in [-0.05, 0) is 30.3 Å². The van der Waals surface area contributed by atoms with Gasteiger partial charge in [0.05, 0.1) is 32.4 Å². The van der Waals surface area contributed by atoms with Crippen molar-refractivity contribution in [2.24, 2.45) is 0 Å². The van der Waals surface area contributed by atoms with Gasteiger partial charge in [-0.3, -0.25) is 9.78 Å². The number of fused-ring (bicyclic) bond motifs is 1. The lowest BCUT2D eigenvalue weighted by molar-refractivity contribution is 0.0960. The Bertz CT molecular complexity index is 988. The van der Waals surface area contributed by atoms with Gasteiger partial charge in [0, 0.05) is 24.7 Å². The van der Waals surface area contributed by atoms with E-state index in [9.17, 15) is 4.79 Å². The Morgan fingerprint density at radius 1 is 0.889 bits per heavy atom. The van der Waals surface area contributed by atoms with Crippen LogP contribution in [0, 0.1) is 0 Å². The summed E-state index contributed by atoms with van der Waals surface area (Å²) in [6.45, 7) is 0. The Morgan fingerprint density at radius 3 is 2.30 bits per heavy atom. The maximum absolute atomic E-state index is 12.2. The third kappa shape index (κ3) is 3.57. The van der Waals surface area contributed by atoms with Crippen LogP contribution in [0.3, 0.4) is 0 Å². The van der Waals surface area contributed by atoms with Crippen molar-refractivity contribution in [3.63, 3.8) is 0 Å². The number of aromatic nitrogens is 1. The summed E-state index contributed by atoms with van der Waals surface area (Å²) in [5.41, 5.74) is 1.04. The van der Waals surface area contributed by atoms with Crippen LogP contribution in [0.4, 0.5) is 0 Å². The summed E-state index contributed by atoms with van der Waals surface area (Å²) in [4.78, 5) is 16.6. The third-order valence-corrected chi connectivity index (χ3v) is 4.09. The summed E-state index contributed by atoms with van der Waals surface area (Å²) >= 11 is 0. The molecule has 1 amide bonds. The standard InChI is InChI=1S/C20H20N2O5/c1-21-20(23)14-9-12(24-2)5-6-16(14)27-17-7-8-22-15-11-19(26-4)18(25-3)10-13(15)17/h5-11H,1-4H3,(H,21,23). The molecule has 0 atom stereocenters. The highest BCUT2D eigenvalue weighted by atomic mass is 16.5.